The minimum Gasteiger partial charge on any atom is -0.353 e. The average molecular weight is 304 g/mol. The summed E-state index contributed by atoms with van der Waals surface area (Å²) in [4.78, 5) is 15.7. The molecule has 0 atom stereocenters. The number of aromatic nitrogens is 4. The molecule has 0 amide bonds. The fourth-order valence-electron chi connectivity index (χ4n) is 2.24. The summed E-state index contributed by atoms with van der Waals surface area (Å²) in [6.07, 6.45) is 6.76. The minimum atomic E-state index is 0.755. The molecule has 0 aliphatic carbocycles. The van der Waals surface area contributed by atoms with Crippen LogP contribution in [0.1, 0.15) is 6.42 Å². The molecule has 1 fully saturated rings. The molecule has 0 radical (unpaired) electrons. The summed E-state index contributed by atoms with van der Waals surface area (Å²) in [5, 5.41) is 0. The third-order valence-electron chi connectivity index (χ3n) is 3.28. The molecule has 18 heavy (non-hydrogen) atoms. The standard InChI is InChI=1S/C12H10BrN5/c13-8-6-9-10(15-7-8)16-12(17-3-1-4-17)11-14-2-5-18(9)11/h2,5-7H,1,3-4H2. The lowest BCUT2D eigenvalue weighted by molar-refractivity contribution is 0.611. The Bertz CT molecular complexity index is 747. The number of fused-ring (bicyclic) bond motifs is 3. The number of hydrogen-bond donors (Lipinski definition) is 0. The lowest BCUT2D eigenvalue weighted by Gasteiger charge is -2.32. The summed E-state index contributed by atoms with van der Waals surface area (Å²) in [6, 6.07) is 2.02. The molecule has 4 heterocycles. The van der Waals surface area contributed by atoms with Crippen LogP contribution in [0.3, 0.4) is 0 Å². The van der Waals surface area contributed by atoms with Crippen molar-refractivity contribution in [1.29, 1.82) is 0 Å². The highest BCUT2D eigenvalue weighted by Crippen LogP contribution is 2.26. The molecule has 0 N–H and O–H groups in total. The molecule has 1 aliphatic heterocycles. The summed E-state index contributed by atoms with van der Waals surface area (Å²) < 4.78 is 3.00. The summed E-state index contributed by atoms with van der Waals surface area (Å²) in [6.45, 7) is 2.11. The van der Waals surface area contributed by atoms with Gasteiger partial charge in [-0.3, -0.25) is 4.40 Å². The van der Waals surface area contributed by atoms with Gasteiger partial charge in [-0.25, -0.2) is 15.0 Å². The molecule has 0 spiro atoms. The monoisotopic (exact) mass is 303 g/mol. The second-order valence-corrected chi connectivity index (χ2v) is 5.31. The molecule has 1 aliphatic rings. The predicted molar refractivity (Wildman–Crippen MR) is 72.8 cm³/mol. The van der Waals surface area contributed by atoms with Gasteiger partial charge in [0.1, 0.15) is 0 Å². The van der Waals surface area contributed by atoms with Crippen LogP contribution < -0.4 is 4.90 Å². The van der Waals surface area contributed by atoms with Gasteiger partial charge in [0.2, 0.25) is 0 Å². The number of imidazole rings is 1. The molecule has 90 valence electrons. The average Bonchev–Trinajstić information content (AvgIpc) is 2.77. The number of pyridine rings is 1. The molecule has 1 saturated heterocycles. The van der Waals surface area contributed by atoms with Crippen LogP contribution in [0.25, 0.3) is 16.8 Å². The lowest BCUT2D eigenvalue weighted by Crippen LogP contribution is -2.38. The van der Waals surface area contributed by atoms with Gasteiger partial charge in [-0.2, -0.15) is 0 Å². The van der Waals surface area contributed by atoms with Crippen LogP contribution >= 0.6 is 15.9 Å². The Kier molecular flexibility index (Phi) is 2.08. The van der Waals surface area contributed by atoms with Gasteiger partial charge in [0, 0.05) is 36.2 Å². The van der Waals surface area contributed by atoms with Crippen molar-refractivity contribution in [1.82, 2.24) is 19.4 Å². The first-order valence-corrected chi connectivity index (χ1v) is 6.65. The largest absolute Gasteiger partial charge is 0.353 e. The second kappa shape index (κ2) is 3.65. The van der Waals surface area contributed by atoms with Crippen LogP contribution in [-0.4, -0.2) is 32.4 Å². The molecule has 5 nitrogen and oxygen atoms in total. The fraction of sp³-hybridized carbons (Fsp3) is 0.250. The second-order valence-electron chi connectivity index (χ2n) is 4.39. The third kappa shape index (κ3) is 1.35. The molecule has 0 saturated carbocycles. The summed E-state index contributed by atoms with van der Waals surface area (Å²) in [7, 11) is 0. The molecule has 3 aromatic heterocycles. The van der Waals surface area contributed by atoms with Crippen LogP contribution in [0.2, 0.25) is 0 Å². The number of halogens is 1. The number of anilines is 1. The zero-order valence-corrected chi connectivity index (χ0v) is 11.1. The van der Waals surface area contributed by atoms with Gasteiger partial charge in [0.15, 0.2) is 17.1 Å². The van der Waals surface area contributed by atoms with Crippen molar-refractivity contribution in [3.05, 3.63) is 29.1 Å². The maximum Gasteiger partial charge on any atom is 0.180 e. The van der Waals surface area contributed by atoms with Gasteiger partial charge in [0.25, 0.3) is 0 Å². The van der Waals surface area contributed by atoms with Crippen molar-refractivity contribution in [3.8, 4) is 0 Å². The Morgan fingerprint density at radius 1 is 1.22 bits per heavy atom. The molecule has 3 aromatic rings. The highest BCUT2D eigenvalue weighted by atomic mass is 79.9. The Labute approximate surface area is 112 Å². The first-order chi connectivity index (χ1) is 8.83. The maximum atomic E-state index is 4.65. The highest BCUT2D eigenvalue weighted by molar-refractivity contribution is 9.10. The van der Waals surface area contributed by atoms with Crippen LogP contribution in [0, 0.1) is 0 Å². The molecule has 6 heteroatoms. The maximum absolute atomic E-state index is 4.65. The van der Waals surface area contributed by atoms with E-state index in [1.165, 1.54) is 6.42 Å². The normalized spacial score (nSPS) is 15.3. The van der Waals surface area contributed by atoms with Crippen LogP contribution in [-0.2, 0) is 0 Å². The van der Waals surface area contributed by atoms with Crippen molar-refractivity contribution < 1.29 is 0 Å². The van der Waals surface area contributed by atoms with E-state index in [1.807, 2.05) is 16.7 Å². The Morgan fingerprint density at radius 3 is 2.89 bits per heavy atom. The van der Waals surface area contributed by atoms with E-state index in [4.69, 9.17) is 0 Å². The fourth-order valence-corrected chi connectivity index (χ4v) is 2.56. The van der Waals surface area contributed by atoms with Crippen molar-refractivity contribution in [2.24, 2.45) is 0 Å². The summed E-state index contributed by atoms with van der Waals surface area (Å²) in [5.74, 6) is 0.938. The number of rotatable bonds is 1. The van der Waals surface area contributed by atoms with Gasteiger partial charge in [-0.15, -0.1) is 0 Å². The summed E-state index contributed by atoms with van der Waals surface area (Å²) >= 11 is 3.44. The van der Waals surface area contributed by atoms with Crippen LogP contribution in [0.15, 0.2) is 29.1 Å². The minimum absolute atomic E-state index is 0.755. The topological polar surface area (TPSA) is 46.3 Å². The highest BCUT2D eigenvalue weighted by Gasteiger charge is 2.21. The SMILES string of the molecule is Brc1cnc2nc(N3CCC3)c3nccn3c2c1. The van der Waals surface area contributed by atoms with Crippen molar-refractivity contribution >= 4 is 38.6 Å². The van der Waals surface area contributed by atoms with E-state index in [0.29, 0.717) is 0 Å². The number of nitrogens with zero attached hydrogens (tertiary/aromatic N) is 5. The summed E-state index contributed by atoms with van der Waals surface area (Å²) in [5.41, 5.74) is 2.63. The predicted octanol–water partition coefficient (Wildman–Crippen LogP) is 2.25. The molecular formula is C12H10BrN5. The van der Waals surface area contributed by atoms with E-state index >= 15 is 0 Å². The van der Waals surface area contributed by atoms with Gasteiger partial charge in [0.05, 0.1) is 5.52 Å². The van der Waals surface area contributed by atoms with E-state index in [1.54, 1.807) is 12.4 Å². The molecule has 4 rings (SSSR count). The van der Waals surface area contributed by atoms with Crippen LogP contribution in [0.4, 0.5) is 5.82 Å². The smallest absolute Gasteiger partial charge is 0.180 e. The van der Waals surface area contributed by atoms with Crippen molar-refractivity contribution in [2.45, 2.75) is 6.42 Å². The Balaban J connectivity index is 2.11. The van der Waals surface area contributed by atoms with Gasteiger partial charge in [-0.05, 0) is 28.4 Å². The third-order valence-corrected chi connectivity index (χ3v) is 3.72. The zero-order valence-electron chi connectivity index (χ0n) is 9.54. The Morgan fingerprint density at radius 2 is 2.11 bits per heavy atom. The molecule has 0 aromatic carbocycles. The van der Waals surface area contributed by atoms with Gasteiger partial charge >= 0.3 is 0 Å². The molecule has 0 unspecified atom stereocenters. The van der Waals surface area contributed by atoms with Crippen molar-refractivity contribution in [3.63, 3.8) is 0 Å². The molecular weight excluding hydrogens is 294 g/mol. The first kappa shape index (κ1) is 10.3. The van der Waals surface area contributed by atoms with E-state index in [-0.39, 0.29) is 0 Å². The first-order valence-electron chi connectivity index (χ1n) is 5.86. The van der Waals surface area contributed by atoms with Gasteiger partial charge < -0.3 is 4.90 Å². The van der Waals surface area contributed by atoms with E-state index in [9.17, 15) is 0 Å². The zero-order chi connectivity index (χ0) is 12.1. The van der Waals surface area contributed by atoms with E-state index in [2.05, 4.69) is 35.8 Å². The number of hydrogen-bond acceptors (Lipinski definition) is 4. The van der Waals surface area contributed by atoms with E-state index < -0.39 is 0 Å². The van der Waals surface area contributed by atoms with Crippen LogP contribution in [0.5, 0.6) is 0 Å². The lowest BCUT2D eigenvalue weighted by atomic mass is 10.2. The van der Waals surface area contributed by atoms with Gasteiger partial charge in [-0.1, -0.05) is 0 Å². The quantitative estimate of drug-likeness (QED) is 0.692. The van der Waals surface area contributed by atoms with E-state index in [0.717, 1.165) is 40.2 Å². The Hall–Kier alpha value is -1.69. The molecule has 0 bridgehead atoms. The van der Waals surface area contributed by atoms with Crippen molar-refractivity contribution in [2.75, 3.05) is 18.0 Å².